The monoisotopic (exact) mass is 246 g/mol. The zero-order valence-corrected chi connectivity index (χ0v) is 10.9. The van der Waals surface area contributed by atoms with Crippen LogP contribution in [-0.2, 0) is 0 Å². The maximum absolute atomic E-state index is 12.0. The highest BCUT2D eigenvalue weighted by Crippen LogP contribution is 2.20. The maximum atomic E-state index is 12.0. The van der Waals surface area contributed by atoms with Gasteiger partial charge in [-0.1, -0.05) is 11.6 Å². The molecule has 1 heterocycles. The molecule has 0 saturated carbocycles. The first-order chi connectivity index (χ1) is 8.41. The Morgan fingerprint density at radius 2 is 2.11 bits per heavy atom. The lowest BCUT2D eigenvalue weighted by Gasteiger charge is -2.23. The molecule has 0 atom stereocenters. The molecule has 4 nitrogen and oxygen atoms in total. The number of hydrogen-bond acceptors (Lipinski definition) is 3. The average molecular weight is 246 g/mol. The van der Waals surface area contributed by atoms with Crippen molar-refractivity contribution in [1.82, 2.24) is 5.32 Å². The quantitative estimate of drug-likeness (QED) is 0.872. The van der Waals surface area contributed by atoms with Crippen LogP contribution in [0, 0.1) is 6.92 Å². The van der Waals surface area contributed by atoms with Crippen LogP contribution in [0.3, 0.4) is 0 Å². The van der Waals surface area contributed by atoms with E-state index in [1.807, 2.05) is 39.0 Å². The van der Waals surface area contributed by atoms with E-state index in [-0.39, 0.29) is 5.91 Å². The van der Waals surface area contributed by atoms with Crippen LogP contribution in [0.5, 0.6) is 0 Å². The molecule has 1 aromatic carbocycles. The zero-order chi connectivity index (χ0) is 13.3. The van der Waals surface area contributed by atoms with Gasteiger partial charge in [-0.05, 0) is 39.0 Å². The normalized spacial score (nSPS) is 11.8. The van der Waals surface area contributed by atoms with Crippen LogP contribution in [0.4, 0.5) is 0 Å². The molecule has 0 spiro atoms. The fourth-order valence-electron chi connectivity index (χ4n) is 1.69. The first-order valence-corrected chi connectivity index (χ1v) is 5.94. The van der Waals surface area contributed by atoms with Crippen LogP contribution in [-0.4, -0.2) is 18.0 Å². The molecule has 0 aliphatic rings. The number of rotatable bonds is 3. The zero-order valence-electron chi connectivity index (χ0n) is 10.9. The molecule has 0 bridgehead atoms. The van der Waals surface area contributed by atoms with Crippen LogP contribution in [0.2, 0.25) is 0 Å². The minimum atomic E-state index is -0.439. The van der Waals surface area contributed by atoms with Gasteiger partial charge in [0.25, 0.3) is 5.91 Å². The Morgan fingerprint density at radius 3 is 2.78 bits per heavy atom. The van der Waals surface area contributed by atoms with Crippen molar-refractivity contribution in [3.05, 3.63) is 35.6 Å². The van der Waals surface area contributed by atoms with Crippen molar-refractivity contribution in [2.24, 2.45) is 5.73 Å². The number of furan rings is 1. The number of carbonyl (C=O) groups is 1. The standard InChI is InChI=1S/C14H18N2O2/c1-9-4-5-11-10(6-9)7-12(18-11)13(17)16-14(2,3)8-15/h4-7H,8,15H2,1-3H3,(H,16,17). The highest BCUT2D eigenvalue weighted by Gasteiger charge is 2.21. The van der Waals surface area contributed by atoms with E-state index < -0.39 is 5.54 Å². The lowest BCUT2D eigenvalue weighted by Crippen LogP contribution is -2.48. The van der Waals surface area contributed by atoms with Crippen LogP contribution in [0.15, 0.2) is 28.7 Å². The summed E-state index contributed by atoms with van der Waals surface area (Å²) in [6.45, 7) is 6.12. The SMILES string of the molecule is Cc1ccc2oc(C(=O)NC(C)(C)CN)cc2c1. The van der Waals surface area contributed by atoms with Gasteiger partial charge in [-0.3, -0.25) is 4.79 Å². The number of hydrogen-bond donors (Lipinski definition) is 2. The molecule has 2 aromatic rings. The summed E-state index contributed by atoms with van der Waals surface area (Å²) in [6.07, 6.45) is 0. The molecular formula is C14H18N2O2. The van der Waals surface area contributed by atoms with Crippen molar-refractivity contribution in [1.29, 1.82) is 0 Å². The van der Waals surface area contributed by atoms with Crippen molar-refractivity contribution in [2.45, 2.75) is 26.3 Å². The topological polar surface area (TPSA) is 68.3 Å². The minimum absolute atomic E-state index is 0.237. The van der Waals surface area contributed by atoms with Gasteiger partial charge in [0, 0.05) is 17.5 Å². The molecule has 3 N–H and O–H groups in total. The number of benzene rings is 1. The van der Waals surface area contributed by atoms with Crippen molar-refractivity contribution in [2.75, 3.05) is 6.54 Å². The first kappa shape index (κ1) is 12.6. The van der Waals surface area contributed by atoms with Crippen molar-refractivity contribution < 1.29 is 9.21 Å². The molecule has 2 rings (SSSR count). The van der Waals surface area contributed by atoms with Gasteiger partial charge in [0.1, 0.15) is 5.58 Å². The Kier molecular flexibility index (Phi) is 3.13. The van der Waals surface area contributed by atoms with Crippen molar-refractivity contribution in [3.63, 3.8) is 0 Å². The van der Waals surface area contributed by atoms with Gasteiger partial charge in [-0.15, -0.1) is 0 Å². The Labute approximate surface area is 106 Å². The van der Waals surface area contributed by atoms with Crippen molar-refractivity contribution in [3.8, 4) is 0 Å². The number of amides is 1. The Morgan fingerprint density at radius 1 is 1.39 bits per heavy atom. The van der Waals surface area contributed by atoms with Gasteiger partial charge in [-0.2, -0.15) is 0 Å². The number of nitrogens with one attached hydrogen (secondary N) is 1. The lowest BCUT2D eigenvalue weighted by atomic mass is 10.1. The smallest absolute Gasteiger partial charge is 0.287 e. The molecule has 1 aromatic heterocycles. The van der Waals surface area contributed by atoms with E-state index in [1.165, 1.54) is 0 Å². The van der Waals surface area contributed by atoms with Crippen LogP contribution in [0.1, 0.15) is 30.0 Å². The van der Waals surface area contributed by atoms with E-state index in [0.29, 0.717) is 12.3 Å². The molecular weight excluding hydrogens is 228 g/mol. The number of fused-ring (bicyclic) bond motifs is 1. The molecule has 18 heavy (non-hydrogen) atoms. The number of aryl methyl sites for hydroxylation is 1. The van der Waals surface area contributed by atoms with Crippen LogP contribution >= 0.6 is 0 Å². The van der Waals surface area contributed by atoms with E-state index >= 15 is 0 Å². The highest BCUT2D eigenvalue weighted by atomic mass is 16.3. The van der Waals surface area contributed by atoms with Crippen LogP contribution in [0.25, 0.3) is 11.0 Å². The summed E-state index contributed by atoms with van der Waals surface area (Å²) < 4.78 is 5.52. The molecule has 0 radical (unpaired) electrons. The second kappa shape index (κ2) is 4.46. The van der Waals surface area contributed by atoms with Gasteiger partial charge in [0.2, 0.25) is 0 Å². The largest absolute Gasteiger partial charge is 0.451 e. The summed E-state index contributed by atoms with van der Waals surface area (Å²) >= 11 is 0. The molecule has 96 valence electrons. The second-order valence-electron chi connectivity index (χ2n) is 5.19. The number of nitrogens with two attached hydrogens (primary N) is 1. The van der Waals surface area contributed by atoms with Gasteiger partial charge in [0.15, 0.2) is 5.76 Å². The minimum Gasteiger partial charge on any atom is -0.451 e. The molecule has 0 saturated heterocycles. The maximum Gasteiger partial charge on any atom is 0.287 e. The summed E-state index contributed by atoms with van der Waals surface area (Å²) in [4.78, 5) is 12.0. The van der Waals surface area contributed by atoms with E-state index in [2.05, 4.69) is 5.32 Å². The molecule has 4 heteroatoms. The van der Waals surface area contributed by atoms with Gasteiger partial charge in [0.05, 0.1) is 0 Å². The first-order valence-electron chi connectivity index (χ1n) is 5.94. The molecule has 1 amide bonds. The van der Waals surface area contributed by atoms with Crippen LogP contribution < -0.4 is 11.1 Å². The predicted molar refractivity (Wildman–Crippen MR) is 71.6 cm³/mol. The van der Waals surface area contributed by atoms with Gasteiger partial charge < -0.3 is 15.5 Å². The third-order valence-corrected chi connectivity index (χ3v) is 2.86. The molecule has 0 aliphatic carbocycles. The van der Waals surface area contributed by atoms with E-state index in [4.69, 9.17) is 10.2 Å². The summed E-state index contributed by atoms with van der Waals surface area (Å²) in [7, 11) is 0. The van der Waals surface area contributed by atoms with E-state index in [1.54, 1.807) is 6.07 Å². The van der Waals surface area contributed by atoms with E-state index in [9.17, 15) is 4.79 Å². The molecule has 0 aliphatic heterocycles. The van der Waals surface area contributed by atoms with Gasteiger partial charge >= 0.3 is 0 Å². The van der Waals surface area contributed by atoms with E-state index in [0.717, 1.165) is 16.5 Å². The summed E-state index contributed by atoms with van der Waals surface area (Å²) in [5, 5.41) is 3.78. The second-order valence-corrected chi connectivity index (χ2v) is 5.19. The Bertz CT molecular complexity index is 584. The molecule has 0 unspecified atom stereocenters. The number of carbonyl (C=O) groups excluding carboxylic acids is 1. The third-order valence-electron chi connectivity index (χ3n) is 2.86. The third kappa shape index (κ3) is 2.54. The average Bonchev–Trinajstić information content (AvgIpc) is 2.71. The fourth-order valence-corrected chi connectivity index (χ4v) is 1.69. The lowest BCUT2D eigenvalue weighted by molar-refractivity contribution is 0.0889. The summed E-state index contributed by atoms with van der Waals surface area (Å²) in [6, 6.07) is 7.57. The summed E-state index contributed by atoms with van der Waals surface area (Å²) in [5.41, 5.74) is 7.00. The molecule has 0 fully saturated rings. The Hall–Kier alpha value is -1.81. The Balaban J connectivity index is 2.28. The van der Waals surface area contributed by atoms with Gasteiger partial charge in [-0.25, -0.2) is 0 Å². The predicted octanol–water partition coefficient (Wildman–Crippen LogP) is 2.21. The fraction of sp³-hybridized carbons (Fsp3) is 0.357. The summed E-state index contributed by atoms with van der Waals surface area (Å²) in [5.74, 6) is 0.0800. The van der Waals surface area contributed by atoms with Crippen molar-refractivity contribution >= 4 is 16.9 Å². The highest BCUT2D eigenvalue weighted by molar-refractivity contribution is 5.96.